The summed E-state index contributed by atoms with van der Waals surface area (Å²) in [5, 5.41) is 16.7. The zero-order valence-electron chi connectivity index (χ0n) is 18.6. The quantitative estimate of drug-likeness (QED) is 0.269. The molecule has 0 spiro atoms. The first-order valence-corrected chi connectivity index (χ1v) is 14.1. The second kappa shape index (κ2) is 11.4. The summed E-state index contributed by atoms with van der Waals surface area (Å²) < 4.78 is 33.3. The molecule has 1 aliphatic rings. The van der Waals surface area contributed by atoms with Crippen LogP contribution in [0.15, 0.2) is 52.0 Å². The molecule has 182 valence electrons. The molecule has 0 amide bonds. The lowest BCUT2D eigenvalue weighted by Gasteiger charge is -2.25. The number of sulfonamides is 1. The number of hydrogen-bond acceptors (Lipinski definition) is 11. The van der Waals surface area contributed by atoms with E-state index in [1.165, 1.54) is 15.6 Å². The van der Waals surface area contributed by atoms with Crippen LogP contribution in [0.2, 0.25) is 0 Å². The molecule has 13 heteroatoms. The van der Waals surface area contributed by atoms with Gasteiger partial charge in [-0.3, -0.25) is 0 Å². The van der Waals surface area contributed by atoms with Gasteiger partial charge in [0.05, 0.1) is 34.9 Å². The summed E-state index contributed by atoms with van der Waals surface area (Å²) in [6.07, 6.45) is 7.35. The third kappa shape index (κ3) is 6.03. The standard InChI is InChI=1S/C21H26N6O4S3/c1-32-16-12-23-20(24-13-16)22-5-4-15(14-28)11-25-21-26-18-3-2-17(10-19(18)33-21)34(29,30)27-6-8-31-9-7-27/h2-4,10,12-13,28H,5-9,11,14H2,1H3,(H,25,26)(H,22,23,24). The van der Waals surface area contributed by atoms with E-state index in [1.807, 2.05) is 12.3 Å². The predicted octanol–water partition coefficient (Wildman–Crippen LogP) is 2.27. The molecule has 0 radical (unpaired) electrons. The highest BCUT2D eigenvalue weighted by atomic mass is 32.2. The van der Waals surface area contributed by atoms with E-state index < -0.39 is 10.0 Å². The second-order valence-electron chi connectivity index (χ2n) is 7.37. The molecule has 3 heterocycles. The molecule has 0 aliphatic carbocycles. The van der Waals surface area contributed by atoms with Gasteiger partial charge in [0, 0.05) is 43.5 Å². The summed E-state index contributed by atoms with van der Waals surface area (Å²) in [5.74, 6) is 0.522. The minimum Gasteiger partial charge on any atom is -0.392 e. The fourth-order valence-electron chi connectivity index (χ4n) is 3.26. The van der Waals surface area contributed by atoms with Crippen LogP contribution in [0.25, 0.3) is 10.2 Å². The van der Waals surface area contributed by atoms with Gasteiger partial charge in [0.25, 0.3) is 0 Å². The molecule has 1 fully saturated rings. The first-order valence-electron chi connectivity index (χ1n) is 10.6. The van der Waals surface area contributed by atoms with Crippen molar-refractivity contribution in [3.05, 3.63) is 42.2 Å². The number of anilines is 2. The highest BCUT2D eigenvalue weighted by Gasteiger charge is 2.26. The third-order valence-electron chi connectivity index (χ3n) is 5.15. The number of thioether (sulfide) groups is 1. The van der Waals surface area contributed by atoms with Crippen molar-refractivity contribution in [3.8, 4) is 0 Å². The average molecular weight is 523 g/mol. The lowest BCUT2D eigenvalue weighted by molar-refractivity contribution is 0.0730. The smallest absolute Gasteiger partial charge is 0.243 e. The third-order valence-corrected chi connectivity index (χ3v) is 8.70. The molecular weight excluding hydrogens is 496 g/mol. The molecule has 0 bridgehead atoms. The fraction of sp³-hybridized carbons (Fsp3) is 0.381. The maximum atomic E-state index is 12.9. The SMILES string of the molecule is CSc1cnc(NCC=C(CO)CNc2nc3ccc(S(=O)(=O)N4CCOCC4)cc3s2)nc1. The lowest BCUT2D eigenvalue weighted by atomic mass is 10.2. The van der Waals surface area contributed by atoms with E-state index in [4.69, 9.17) is 4.74 Å². The summed E-state index contributed by atoms with van der Waals surface area (Å²) >= 11 is 2.95. The molecule has 2 aromatic heterocycles. The van der Waals surface area contributed by atoms with Gasteiger partial charge in [0.15, 0.2) is 5.13 Å². The van der Waals surface area contributed by atoms with Gasteiger partial charge in [-0.05, 0) is 30.0 Å². The summed E-state index contributed by atoms with van der Waals surface area (Å²) in [6.45, 7) is 2.30. The van der Waals surface area contributed by atoms with Crippen LogP contribution in [0.4, 0.5) is 11.1 Å². The van der Waals surface area contributed by atoms with Crippen LogP contribution >= 0.6 is 23.1 Å². The van der Waals surface area contributed by atoms with Crippen LogP contribution in [0.3, 0.4) is 0 Å². The van der Waals surface area contributed by atoms with E-state index >= 15 is 0 Å². The Labute approximate surface area is 206 Å². The van der Waals surface area contributed by atoms with Crippen LogP contribution in [0, 0.1) is 0 Å². The maximum Gasteiger partial charge on any atom is 0.243 e. The number of benzene rings is 1. The van der Waals surface area contributed by atoms with Gasteiger partial charge < -0.3 is 20.5 Å². The summed E-state index contributed by atoms with van der Waals surface area (Å²) in [7, 11) is -3.56. The first kappa shape index (κ1) is 24.8. The number of nitrogens with one attached hydrogen (secondary N) is 2. The number of rotatable bonds is 10. The van der Waals surface area contributed by atoms with Crippen molar-refractivity contribution in [2.24, 2.45) is 0 Å². The van der Waals surface area contributed by atoms with E-state index in [-0.39, 0.29) is 11.5 Å². The number of aliphatic hydroxyl groups is 1. The van der Waals surface area contributed by atoms with Gasteiger partial charge in [-0.2, -0.15) is 4.31 Å². The van der Waals surface area contributed by atoms with E-state index in [0.717, 1.165) is 20.7 Å². The van der Waals surface area contributed by atoms with Gasteiger partial charge in [-0.25, -0.2) is 23.4 Å². The minimum absolute atomic E-state index is 0.103. The molecule has 1 aliphatic heterocycles. The second-order valence-corrected chi connectivity index (χ2v) is 11.2. The number of ether oxygens (including phenoxy) is 1. The number of aliphatic hydroxyl groups excluding tert-OH is 1. The Morgan fingerprint density at radius 2 is 2.03 bits per heavy atom. The number of nitrogens with zero attached hydrogens (tertiary/aromatic N) is 4. The van der Waals surface area contributed by atoms with E-state index in [1.54, 1.807) is 42.4 Å². The van der Waals surface area contributed by atoms with Crippen LogP contribution in [0.1, 0.15) is 0 Å². The monoisotopic (exact) mass is 522 g/mol. The molecule has 1 saturated heterocycles. The Bertz CT molecular complexity index is 1240. The molecule has 1 aromatic carbocycles. The van der Waals surface area contributed by atoms with Crippen molar-refractivity contribution in [2.45, 2.75) is 9.79 Å². The summed E-state index contributed by atoms with van der Waals surface area (Å²) in [5.41, 5.74) is 1.50. The van der Waals surface area contributed by atoms with Crippen molar-refractivity contribution in [2.75, 3.05) is 62.9 Å². The molecule has 4 rings (SSSR count). The fourth-order valence-corrected chi connectivity index (χ4v) is 5.98. The maximum absolute atomic E-state index is 12.9. The van der Waals surface area contributed by atoms with Crippen molar-refractivity contribution < 1.29 is 18.3 Å². The van der Waals surface area contributed by atoms with Crippen LogP contribution < -0.4 is 10.6 Å². The van der Waals surface area contributed by atoms with E-state index in [9.17, 15) is 13.5 Å². The van der Waals surface area contributed by atoms with Crippen molar-refractivity contribution >= 4 is 54.4 Å². The Hall–Kier alpha value is -2.29. The van der Waals surface area contributed by atoms with Gasteiger partial charge >= 0.3 is 0 Å². The topological polar surface area (TPSA) is 130 Å². The lowest BCUT2D eigenvalue weighted by Crippen LogP contribution is -2.40. The molecule has 3 N–H and O–H groups in total. The normalized spacial score (nSPS) is 15.5. The first-order chi connectivity index (χ1) is 16.5. The predicted molar refractivity (Wildman–Crippen MR) is 135 cm³/mol. The minimum atomic E-state index is -3.56. The van der Waals surface area contributed by atoms with Crippen molar-refractivity contribution in [3.63, 3.8) is 0 Å². The molecule has 34 heavy (non-hydrogen) atoms. The number of thiazole rings is 1. The van der Waals surface area contributed by atoms with Crippen LogP contribution in [-0.4, -0.2) is 85.0 Å². The molecule has 10 nitrogen and oxygen atoms in total. The number of hydrogen-bond donors (Lipinski definition) is 3. The summed E-state index contributed by atoms with van der Waals surface area (Å²) in [6, 6.07) is 4.98. The Morgan fingerprint density at radius 3 is 2.74 bits per heavy atom. The van der Waals surface area contributed by atoms with Gasteiger partial charge in [0.1, 0.15) is 0 Å². The molecule has 0 saturated carbocycles. The number of fused-ring (bicyclic) bond motifs is 1. The number of morpholine rings is 1. The highest BCUT2D eigenvalue weighted by molar-refractivity contribution is 7.98. The average Bonchev–Trinajstić information content (AvgIpc) is 3.29. The van der Waals surface area contributed by atoms with E-state index in [0.29, 0.717) is 50.5 Å². The zero-order chi connectivity index (χ0) is 24.0. The molecular formula is C21H26N6O4S3. The Balaban J connectivity index is 1.37. The summed E-state index contributed by atoms with van der Waals surface area (Å²) in [4.78, 5) is 14.2. The van der Waals surface area contributed by atoms with Crippen molar-refractivity contribution in [1.82, 2.24) is 19.3 Å². The largest absolute Gasteiger partial charge is 0.392 e. The Kier molecular flexibility index (Phi) is 8.34. The van der Waals surface area contributed by atoms with Gasteiger partial charge in [-0.15, -0.1) is 11.8 Å². The van der Waals surface area contributed by atoms with Crippen molar-refractivity contribution in [1.29, 1.82) is 0 Å². The molecule has 0 unspecified atom stereocenters. The molecule has 3 aromatic rings. The van der Waals surface area contributed by atoms with Crippen LogP contribution in [0.5, 0.6) is 0 Å². The highest BCUT2D eigenvalue weighted by Crippen LogP contribution is 2.29. The van der Waals surface area contributed by atoms with Gasteiger partial charge in [-0.1, -0.05) is 17.4 Å². The zero-order valence-corrected chi connectivity index (χ0v) is 21.0. The van der Waals surface area contributed by atoms with Crippen LogP contribution in [-0.2, 0) is 14.8 Å². The van der Waals surface area contributed by atoms with E-state index in [2.05, 4.69) is 25.6 Å². The van der Waals surface area contributed by atoms with Gasteiger partial charge in [0.2, 0.25) is 16.0 Å². The number of aromatic nitrogens is 3. The molecule has 0 atom stereocenters. The Morgan fingerprint density at radius 1 is 1.26 bits per heavy atom.